The molecule has 1 amide bonds. The number of hydrogen-bond donors (Lipinski definition) is 0. The molecular weight excluding hydrogens is 308 g/mol. The summed E-state index contributed by atoms with van der Waals surface area (Å²) in [6, 6.07) is 0. The third-order valence-corrected chi connectivity index (χ3v) is 6.91. The van der Waals surface area contributed by atoms with Gasteiger partial charge in [-0.05, 0) is 75.8 Å². The van der Waals surface area contributed by atoms with Gasteiger partial charge in [-0.1, -0.05) is 32.4 Å². The highest BCUT2D eigenvalue weighted by Gasteiger charge is 2.61. The molecule has 3 fully saturated rings. The molecule has 0 aromatic rings. The van der Waals surface area contributed by atoms with Crippen LogP contribution in [0, 0.1) is 29.1 Å². The van der Waals surface area contributed by atoms with E-state index in [1.807, 2.05) is 0 Å². The van der Waals surface area contributed by atoms with Gasteiger partial charge >= 0.3 is 0 Å². The van der Waals surface area contributed by atoms with Crippen LogP contribution in [0.25, 0.3) is 0 Å². The minimum atomic E-state index is 0.143. The quantitative estimate of drug-likeness (QED) is 0.713. The number of likely N-dealkylation sites (tertiary alicyclic amines) is 2. The Balaban J connectivity index is 1.54. The molecule has 0 N–H and O–H groups in total. The normalized spacial score (nSPS) is 33.2. The van der Waals surface area contributed by atoms with Crippen molar-refractivity contribution in [2.75, 3.05) is 32.7 Å². The first-order chi connectivity index (χ1) is 11.8. The largest absolute Gasteiger partial charge is 0.342 e. The van der Waals surface area contributed by atoms with Crippen molar-refractivity contribution in [3.63, 3.8) is 0 Å². The molecule has 3 rings (SSSR count). The average Bonchev–Trinajstić information content (AvgIpc) is 3.09. The lowest BCUT2D eigenvalue weighted by molar-refractivity contribution is -0.135. The van der Waals surface area contributed by atoms with Crippen molar-refractivity contribution in [3.05, 3.63) is 11.6 Å². The Kier molecular flexibility index (Phi) is 5.63. The first-order valence-corrected chi connectivity index (χ1v) is 10.4. The molecule has 1 aliphatic carbocycles. The van der Waals surface area contributed by atoms with Gasteiger partial charge < -0.3 is 9.80 Å². The fraction of sp³-hybridized carbons (Fsp3) is 0.864. The summed E-state index contributed by atoms with van der Waals surface area (Å²) in [5.74, 6) is 2.63. The van der Waals surface area contributed by atoms with Crippen LogP contribution in [-0.2, 0) is 4.79 Å². The molecule has 3 heteroatoms. The molecule has 0 radical (unpaired) electrons. The van der Waals surface area contributed by atoms with E-state index in [0.29, 0.717) is 17.7 Å². The Labute approximate surface area is 154 Å². The maximum atomic E-state index is 13.1. The van der Waals surface area contributed by atoms with Crippen molar-refractivity contribution in [1.29, 1.82) is 0 Å². The summed E-state index contributed by atoms with van der Waals surface area (Å²) in [5, 5.41) is 0. The lowest BCUT2D eigenvalue weighted by Gasteiger charge is -2.38. The average molecular weight is 347 g/mol. The van der Waals surface area contributed by atoms with E-state index in [0.717, 1.165) is 19.0 Å². The van der Waals surface area contributed by atoms with E-state index < -0.39 is 0 Å². The maximum Gasteiger partial charge on any atom is 0.226 e. The highest BCUT2D eigenvalue weighted by molar-refractivity contribution is 5.84. The van der Waals surface area contributed by atoms with Crippen LogP contribution in [0.15, 0.2) is 11.6 Å². The van der Waals surface area contributed by atoms with E-state index in [1.165, 1.54) is 50.9 Å². The van der Waals surface area contributed by atoms with Crippen LogP contribution >= 0.6 is 0 Å². The molecular formula is C22H38N2O. The van der Waals surface area contributed by atoms with Gasteiger partial charge in [0.25, 0.3) is 0 Å². The highest BCUT2D eigenvalue weighted by atomic mass is 16.2. The van der Waals surface area contributed by atoms with Crippen LogP contribution in [-0.4, -0.2) is 48.4 Å². The number of hydrogen-bond acceptors (Lipinski definition) is 2. The summed E-state index contributed by atoms with van der Waals surface area (Å²) in [6.45, 7) is 16.8. The van der Waals surface area contributed by atoms with Gasteiger partial charge in [0.05, 0.1) is 5.92 Å². The smallest absolute Gasteiger partial charge is 0.226 e. The van der Waals surface area contributed by atoms with Crippen LogP contribution in [0.3, 0.4) is 0 Å². The Hall–Kier alpha value is -0.830. The molecule has 0 spiro atoms. The number of piperidine rings is 2. The zero-order valence-corrected chi connectivity index (χ0v) is 17.1. The molecule has 25 heavy (non-hydrogen) atoms. The first kappa shape index (κ1) is 18.9. The second-order valence-corrected chi connectivity index (χ2v) is 9.84. The van der Waals surface area contributed by atoms with Gasteiger partial charge in [-0.3, -0.25) is 4.79 Å². The van der Waals surface area contributed by atoms with Gasteiger partial charge in [-0.25, -0.2) is 0 Å². The number of nitrogens with zero attached hydrogens (tertiary/aromatic N) is 2. The highest BCUT2D eigenvalue weighted by Crippen LogP contribution is 2.60. The lowest BCUT2D eigenvalue weighted by Crippen LogP contribution is -2.46. The summed E-state index contributed by atoms with van der Waals surface area (Å²) < 4.78 is 0. The summed E-state index contributed by atoms with van der Waals surface area (Å²) in [6.07, 6.45) is 7.48. The minimum absolute atomic E-state index is 0.143. The van der Waals surface area contributed by atoms with Crippen molar-refractivity contribution in [1.82, 2.24) is 9.80 Å². The van der Waals surface area contributed by atoms with Crippen molar-refractivity contribution >= 4 is 5.91 Å². The summed E-state index contributed by atoms with van der Waals surface area (Å²) in [7, 11) is 0. The number of allylic oxidation sites excluding steroid dienone is 2. The molecule has 1 saturated carbocycles. The van der Waals surface area contributed by atoms with Crippen LogP contribution < -0.4 is 0 Å². The molecule has 2 heterocycles. The van der Waals surface area contributed by atoms with Gasteiger partial charge in [0.1, 0.15) is 0 Å². The van der Waals surface area contributed by atoms with E-state index in [2.05, 4.69) is 50.5 Å². The monoisotopic (exact) mass is 346 g/mol. The van der Waals surface area contributed by atoms with Crippen molar-refractivity contribution in [3.8, 4) is 0 Å². The third kappa shape index (κ3) is 4.30. The standard InChI is InChI=1S/C22H38N2O/c1-16(2)13-19-20(22(19,4)5)21(25)24-10-6-7-18(15-24)14-23-11-8-17(3)9-12-23/h13,17-20H,6-12,14-15H2,1-5H3/t18-,19+,20-/m0/s1. The van der Waals surface area contributed by atoms with Gasteiger partial charge in [-0.15, -0.1) is 0 Å². The Bertz CT molecular complexity index is 512. The molecule has 0 aromatic heterocycles. The number of amides is 1. The van der Waals surface area contributed by atoms with E-state index >= 15 is 0 Å². The molecule has 0 bridgehead atoms. The Morgan fingerprint density at radius 2 is 1.80 bits per heavy atom. The van der Waals surface area contributed by atoms with Crippen molar-refractivity contribution < 1.29 is 4.79 Å². The van der Waals surface area contributed by atoms with Gasteiger partial charge in [0, 0.05) is 19.6 Å². The van der Waals surface area contributed by atoms with Gasteiger partial charge in [0.2, 0.25) is 5.91 Å². The molecule has 0 unspecified atom stereocenters. The van der Waals surface area contributed by atoms with Crippen LogP contribution in [0.5, 0.6) is 0 Å². The molecule has 0 aromatic carbocycles. The maximum absolute atomic E-state index is 13.1. The Morgan fingerprint density at radius 1 is 1.12 bits per heavy atom. The third-order valence-electron chi connectivity index (χ3n) is 6.91. The van der Waals surface area contributed by atoms with E-state index in [1.54, 1.807) is 0 Å². The number of carbonyl (C=O) groups is 1. The van der Waals surface area contributed by atoms with Crippen LogP contribution in [0.1, 0.15) is 60.3 Å². The fourth-order valence-electron chi connectivity index (χ4n) is 5.04. The Morgan fingerprint density at radius 3 is 2.44 bits per heavy atom. The van der Waals surface area contributed by atoms with Crippen molar-refractivity contribution in [2.45, 2.75) is 60.3 Å². The fourth-order valence-corrected chi connectivity index (χ4v) is 5.04. The SMILES string of the molecule is CC(C)=C[C@@H]1[C@@H](C(=O)N2CCC[C@@H](CN3CCC(C)CC3)C2)C1(C)C. The lowest BCUT2D eigenvalue weighted by atomic mass is 9.94. The first-order valence-electron chi connectivity index (χ1n) is 10.4. The molecule has 3 nitrogen and oxygen atoms in total. The predicted molar refractivity (Wildman–Crippen MR) is 104 cm³/mol. The summed E-state index contributed by atoms with van der Waals surface area (Å²) in [5.41, 5.74) is 1.48. The zero-order valence-electron chi connectivity index (χ0n) is 17.1. The minimum Gasteiger partial charge on any atom is -0.342 e. The van der Waals surface area contributed by atoms with Crippen LogP contribution in [0.2, 0.25) is 0 Å². The predicted octanol–water partition coefficient (Wildman–Crippen LogP) is 4.20. The van der Waals surface area contributed by atoms with Gasteiger partial charge in [0.15, 0.2) is 0 Å². The summed E-state index contributed by atoms with van der Waals surface area (Å²) in [4.78, 5) is 18.0. The molecule has 142 valence electrons. The molecule has 3 aliphatic rings. The van der Waals surface area contributed by atoms with Crippen molar-refractivity contribution in [2.24, 2.45) is 29.1 Å². The second-order valence-electron chi connectivity index (χ2n) is 9.84. The van der Waals surface area contributed by atoms with Crippen LogP contribution in [0.4, 0.5) is 0 Å². The van der Waals surface area contributed by atoms with E-state index in [-0.39, 0.29) is 11.3 Å². The molecule has 2 aliphatic heterocycles. The second kappa shape index (κ2) is 7.42. The topological polar surface area (TPSA) is 23.6 Å². The molecule has 3 atom stereocenters. The number of rotatable bonds is 4. The number of carbonyl (C=O) groups excluding carboxylic acids is 1. The molecule has 2 saturated heterocycles. The zero-order chi connectivity index (χ0) is 18.2. The van der Waals surface area contributed by atoms with E-state index in [4.69, 9.17) is 0 Å². The van der Waals surface area contributed by atoms with E-state index in [9.17, 15) is 4.79 Å². The van der Waals surface area contributed by atoms with Gasteiger partial charge in [-0.2, -0.15) is 0 Å². The summed E-state index contributed by atoms with van der Waals surface area (Å²) >= 11 is 0.